The molecule has 0 bridgehead atoms. The minimum Gasteiger partial charge on any atom is -0.340 e. The van der Waals surface area contributed by atoms with E-state index in [2.05, 4.69) is 30.5 Å². The Morgan fingerprint density at radius 1 is 1.24 bits per heavy atom. The van der Waals surface area contributed by atoms with Crippen LogP contribution in [0.5, 0.6) is 0 Å². The van der Waals surface area contributed by atoms with Crippen LogP contribution in [0.1, 0.15) is 5.56 Å². The van der Waals surface area contributed by atoms with Crippen molar-refractivity contribution in [2.24, 2.45) is 5.10 Å². The minimum absolute atomic E-state index is 0.0371. The van der Waals surface area contributed by atoms with Crippen LogP contribution < -0.4 is 5.43 Å². The van der Waals surface area contributed by atoms with Gasteiger partial charge in [0.1, 0.15) is 11.8 Å². The smallest absolute Gasteiger partial charge is 0.269 e. The van der Waals surface area contributed by atoms with Gasteiger partial charge in [0.05, 0.1) is 17.5 Å². The van der Waals surface area contributed by atoms with Gasteiger partial charge in [-0.2, -0.15) is 5.10 Å². The van der Waals surface area contributed by atoms with Crippen LogP contribution in [0.4, 0.5) is 11.5 Å². The Labute approximate surface area is 117 Å². The highest BCUT2D eigenvalue weighted by Crippen LogP contribution is 2.14. The highest BCUT2D eigenvalue weighted by molar-refractivity contribution is 5.84. The number of aromatic nitrogens is 4. The van der Waals surface area contributed by atoms with Gasteiger partial charge in [0, 0.05) is 12.1 Å². The number of rotatable bonds is 4. The van der Waals surface area contributed by atoms with Gasteiger partial charge in [0.25, 0.3) is 5.69 Å². The molecule has 2 aromatic heterocycles. The second-order valence-corrected chi connectivity index (χ2v) is 4.04. The van der Waals surface area contributed by atoms with E-state index in [1.54, 1.807) is 12.1 Å². The standard InChI is InChI=1S/C12H9N7O2/c20-19(21)9-3-1-8(2-4-9)5-17-18-12-10-11(14-6-13-10)15-7-16-12/h1-7H,(H2,13,14,15,16,18)/b17-5+. The summed E-state index contributed by atoms with van der Waals surface area (Å²) in [5.74, 6) is 0.496. The average molecular weight is 283 g/mol. The summed E-state index contributed by atoms with van der Waals surface area (Å²) >= 11 is 0. The van der Waals surface area contributed by atoms with Crippen molar-refractivity contribution in [3.05, 3.63) is 52.6 Å². The normalized spacial score (nSPS) is 11.0. The van der Waals surface area contributed by atoms with Crippen LogP contribution >= 0.6 is 0 Å². The number of aromatic amines is 1. The molecule has 0 atom stereocenters. The third-order valence-electron chi connectivity index (χ3n) is 2.71. The molecular formula is C12H9N7O2. The molecule has 0 unspecified atom stereocenters. The number of fused-ring (bicyclic) bond motifs is 1. The Kier molecular flexibility index (Phi) is 3.21. The third kappa shape index (κ3) is 2.66. The molecule has 0 aliphatic carbocycles. The number of nitrogens with one attached hydrogen (secondary N) is 2. The molecule has 1 aromatic carbocycles. The predicted molar refractivity (Wildman–Crippen MR) is 76.0 cm³/mol. The molecule has 3 aromatic rings. The third-order valence-corrected chi connectivity index (χ3v) is 2.71. The SMILES string of the molecule is O=[N+]([O-])c1ccc(/C=N/Nc2ncnc3nc[nH]c23)cc1. The van der Waals surface area contributed by atoms with E-state index in [1.807, 2.05) is 0 Å². The first-order valence-corrected chi connectivity index (χ1v) is 5.91. The summed E-state index contributed by atoms with van der Waals surface area (Å²) in [6.45, 7) is 0. The van der Waals surface area contributed by atoms with Gasteiger partial charge in [-0.3, -0.25) is 15.5 Å². The quantitative estimate of drug-likeness (QED) is 0.427. The van der Waals surface area contributed by atoms with Crippen molar-refractivity contribution in [1.29, 1.82) is 0 Å². The lowest BCUT2D eigenvalue weighted by atomic mass is 10.2. The zero-order valence-corrected chi connectivity index (χ0v) is 10.6. The van der Waals surface area contributed by atoms with E-state index in [9.17, 15) is 10.1 Å². The molecule has 21 heavy (non-hydrogen) atoms. The number of hydrogen-bond donors (Lipinski definition) is 2. The van der Waals surface area contributed by atoms with Crippen LogP contribution in [0.3, 0.4) is 0 Å². The van der Waals surface area contributed by atoms with Crippen molar-refractivity contribution in [3.63, 3.8) is 0 Å². The van der Waals surface area contributed by atoms with Crippen molar-refractivity contribution < 1.29 is 4.92 Å². The monoisotopic (exact) mass is 283 g/mol. The van der Waals surface area contributed by atoms with E-state index >= 15 is 0 Å². The number of hydrazone groups is 1. The summed E-state index contributed by atoms with van der Waals surface area (Å²) in [6, 6.07) is 6.04. The maximum atomic E-state index is 10.5. The second-order valence-electron chi connectivity index (χ2n) is 4.04. The number of hydrogen-bond acceptors (Lipinski definition) is 7. The molecule has 0 radical (unpaired) electrons. The Hall–Kier alpha value is -3.36. The number of nitro groups is 1. The molecule has 0 amide bonds. The fourth-order valence-corrected chi connectivity index (χ4v) is 1.70. The number of H-pyrrole nitrogens is 1. The van der Waals surface area contributed by atoms with E-state index in [0.29, 0.717) is 17.0 Å². The summed E-state index contributed by atoms with van der Waals surface area (Å²) in [6.07, 6.45) is 4.44. The van der Waals surface area contributed by atoms with Gasteiger partial charge in [-0.1, -0.05) is 0 Å². The molecule has 9 heteroatoms. The summed E-state index contributed by atoms with van der Waals surface area (Å²) in [5, 5.41) is 14.6. The van der Waals surface area contributed by atoms with Crippen LogP contribution in [-0.4, -0.2) is 31.1 Å². The minimum atomic E-state index is -0.449. The van der Waals surface area contributed by atoms with E-state index < -0.39 is 4.92 Å². The Morgan fingerprint density at radius 3 is 2.81 bits per heavy atom. The fraction of sp³-hybridized carbons (Fsp3) is 0. The van der Waals surface area contributed by atoms with E-state index in [1.165, 1.54) is 31.0 Å². The number of imidazole rings is 1. The molecule has 0 aliphatic rings. The van der Waals surface area contributed by atoms with Crippen LogP contribution in [-0.2, 0) is 0 Å². The molecule has 0 fully saturated rings. The van der Waals surface area contributed by atoms with Crippen LogP contribution in [0.2, 0.25) is 0 Å². The maximum Gasteiger partial charge on any atom is 0.269 e. The van der Waals surface area contributed by atoms with Crippen molar-refractivity contribution >= 4 is 28.9 Å². The molecule has 3 rings (SSSR count). The molecule has 0 spiro atoms. The predicted octanol–water partition coefficient (Wildman–Crippen LogP) is 1.71. The van der Waals surface area contributed by atoms with Gasteiger partial charge in [0.15, 0.2) is 11.5 Å². The van der Waals surface area contributed by atoms with Crippen molar-refractivity contribution in [2.45, 2.75) is 0 Å². The van der Waals surface area contributed by atoms with Gasteiger partial charge in [-0.25, -0.2) is 15.0 Å². The molecular weight excluding hydrogens is 274 g/mol. The lowest BCUT2D eigenvalue weighted by molar-refractivity contribution is -0.384. The maximum absolute atomic E-state index is 10.5. The molecule has 0 aliphatic heterocycles. The largest absolute Gasteiger partial charge is 0.340 e. The summed E-state index contributed by atoms with van der Waals surface area (Å²) in [4.78, 5) is 25.1. The van der Waals surface area contributed by atoms with Crippen LogP contribution in [0.15, 0.2) is 42.0 Å². The van der Waals surface area contributed by atoms with Gasteiger partial charge in [0.2, 0.25) is 0 Å². The zero-order chi connectivity index (χ0) is 14.7. The van der Waals surface area contributed by atoms with Gasteiger partial charge < -0.3 is 4.98 Å². The van der Waals surface area contributed by atoms with E-state index in [4.69, 9.17) is 0 Å². The van der Waals surface area contributed by atoms with Crippen molar-refractivity contribution in [1.82, 2.24) is 19.9 Å². The van der Waals surface area contributed by atoms with Crippen LogP contribution in [0, 0.1) is 10.1 Å². The van der Waals surface area contributed by atoms with Gasteiger partial charge in [-0.15, -0.1) is 0 Å². The second kappa shape index (κ2) is 5.33. The van der Waals surface area contributed by atoms with Crippen LogP contribution in [0.25, 0.3) is 11.2 Å². The first-order valence-electron chi connectivity index (χ1n) is 5.91. The Balaban J connectivity index is 1.75. The summed E-state index contributed by atoms with van der Waals surface area (Å²) < 4.78 is 0. The summed E-state index contributed by atoms with van der Waals surface area (Å²) in [7, 11) is 0. The highest BCUT2D eigenvalue weighted by Gasteiger charge is 2.04. The lowest BCUT2D eigenvalue weighted by Gasteiger charge is -1.99. The topological polar surface area (TPSA) is 122 Å². The van der Waals surface area contributed by atoms with Gasteiger partial charge in [-0.05, 0) is 17.7 Å². The number of nitrogens with zero attached hydrogens (tertiary/aromatic N) is 5. The van der Waals surface area contributed by atoms with Crippen molar-refractivity contribution in [2.75, 3.05) is 5.43 Å². The lowest BCUT2D eigenvalue weighted by Crippen LogP contribution is -1.96. The first kappa shape index (κ1) is 12.7. The average Bonchev–Trinajstić information content (AvgIpc) is 2.97. The summed E-state index contributed by atoms with van der Waals surface area (Å²) in [5.41, 5.74) is 4.73. The highest BCUT2D eigenvalue weighted by atomic mass is 16.6. The molecule has 2 N–H and O–H groups in total. The Morgan fingerprint density at radius 2 is 2.05 bits per heavy atom. The number of nitro benzene ring substituents is 1. The molecule has 0 saturated heterocycles. The van der Waals surface area contributed by atoms with Crippen molar-refractivity contribution in [3.8, 4) is 0 Å². The molecule has 0 saturated carbocycles. The number of non-ortho nitro benzene ring substituents is 1. The molecule has 9 nitrogen and oxygen atoms in total. The fourth-order valence-electron chi connectivity index (χ4n) is 1.70. The zero-order valence-electron chi connectivity index (χ0n) is 10.6. The Bertz CT molecular complexity index is 810. The van der Waals surface area contributed by atoms with E-state index in [0.717, 1.165) is 5.56 Å². The molecule has 104 valence electrons. The molecule has 2 heterocycles. The van der Waals surface area contributed by atoms with Gasteiger partial charge >= 0.3 is 0 Å². The number of benzene rings is 1. The van der Waals surface area contributed by atoms with E-state index in [-0.39, 0.29) is 5.69 Å². The first-order chi connectivity index (χ1) is 10.2. The number of anilines is 1.